The predicted octanol–water partition coefficient (Wildman–Crippen LogP) is 2.45. The van der Waals surface area contributed by atoms with Crippen molar-refractivity contribution in [1.82, 2.24) is 4.72 Å². The van der Waals surface area contributed by atoms with E-state index in [1.807, 2.05) is 25.1 Å². The quantitative estimate of drug-likeness (QED) is 0.721. The van der Waals surface area contributed by atoms with E-state index in [0.717, 1.165) is 18.4 Å². The number of carbonyl (C=O) groups is 1. The Hall–Kier alpha value is -1.56. The molecule has 0 bridgehead atoms. The summed E-state index contributed by atoms with van der Waals surface area (Å²) < 4.78 is 30.8. The molecule has 1 amide bonds. The molecule has 0 aliphatic heterocycles. The molecule has 105 valence electrons. The Morgan fingerprint density at radius 3 is 2.53 bits per heavy atom. The van der Waals surface area contributed by atoms with Gasteiger partial charge in [0.2, 0.25) is 0 Å². The lowest BCUT2D eigenvalue weighted by Gasteiger charge is -2.05. The number of nitrogens with zero attached hydrogens (tertiary/aromatic N) is 1. The van der Waals surface area contributed by atoms with Gasteiger partial charge in [-0.1, -0.05) is 54.8 Å². The fourth-order valence-corrected chi connectivity index (χ4v) is 2.38. The van der Waals surface area contributed by atoms with Gasteiger partial charge >= 0.3 is 6.09 Å². The highest BCUT2D eigenvalue weighted by Gasteiger charge is 2.18. The Morgan fingerprint density at radius 2 is 1.89 bits per heavy atom. The van der Waals surface area contributed by atoms with E-state index >= 15 is 0 Å². The number of ether oxygens (including phenoxy) is 1. The van der Waals surface area contributed by atoms with Crippen molar-refractivity contribution in [3.63, 3.8) is 0 Å². The number of hydrogen-bond acceptors (Lipinski definition) is 4. The van der Waals surface area contributed by atoms with E-state index in [2.05, 4.69) is 4.72 Å². The van der Waals surface area contributed by atoms with Crippen LogP contribution in [0.15, 0.2) is 30.3 Å². The molecule has 1 rings (SSSR count). The minimum Gasteiger partial charge on any atom is -0.443 e. The lowest BCUT2D eigenvalue weighted by atomic mass is 10.2. The molecule has 5 nitrogen and oxygen atoms in total. The van der Waals surface area contributed by atoms with Crippen molar-refractivity contribution in [3.05, 3.63) is 35.9 Å². The SMILES string of the molecule is CCCCCS(=O)(=O)[N]C(=O)OCc1ccccc1. The second kappa shape index (κ2) is 7.78. The van der Waals surface area contributed by atoms with Gasteiger partial charge < -0.3 is 4.74 Å². The maximum atomic E-state index is 11.5. The molecule has 1 aromatic rings. The average Bonchev–Trinajstić information content (AvgIpc) is 2.37. The second-order valence-corrected chi connectivity index (χ2v) is 5.88. The van der Waals surface area contributed by atoms with Crippen LogP contribution in [-0.2, 0) is 21.4 Å². The standard InChI is InChI=1S/C13H18NO4S/c1-2-3-7-10-19(16,17)14-13(15)18-11-12-8-5-4-6-9-12/h4-6,8-9H,2-3,7,10-11H2,1H3. The molecule has 0 unspecified atom stereocenters. The van der Waals surface area contributed by atoms with Crippen LogP contribution in [0.1, 0.15) is 31.7 Å². The molecule has 0 saturated carbocycles. The largest absolute Gasteiger partial charge is 0.444 e. The highest BCUT2D eigenvalue weighted by atomic mass is 32.2. The van der Waals surface area contributed by atoms with E-state index < -0.39 is 16.1 Å². The van der Waals surface area contributed by atoms with Crippen LogP contribution in [0.3, 0.4) is 0 Å². The first-order valence-electron chi connectivity index (χ1n) is 6.20. The second-order valence-electron chi connectivity index (χ2n) is 4.12. The zero-order chi connectivity index (χ0) is 14.1. The van der Waals surface area contributed by atoms with Crippen molar-refractivity contribution in [3.8, 4) is 0 Å². The van der Waals surface area contributed by atoms with Crippen LogP contribution < -0.4 is 4.72 Å². The summed E-state index contributed by atoms with van der Waals surface area (Å²) >= 11 is 0. The minimum atomic E-state index is -3.71. The number of carbonyl (C=O) groups excluding carboxylic acids is 1. The third-order valence-corrected chi connectivity index (χ3v) is 3.66. The summed E-state index contributed by atoms with van der Waals surface area (Å²) in [5, 5.41) is 0. The van der Waals surface area contributed by atoms with Crippen molar-refractivity contribution in [1.29, 1.82) is 0 Å². The lowest BCUT2D eigenvalue weighted by Crippen LogP contribution is -2.26. The molecule has 0 atom stereocenters. The fraction of sp³-hybridized carbons (Fsp3) is 0.462. The monoisotopic (exact) mass is 284 g/mol. The summed E-state index contributed by atoms with van der Waals surface area (Å²) in [7, 11) is -3.71. The molecule has 6 heteroatoms. The summed E-state index contributed by atoms with van der Waals surface area (Å²) in [6.45, 7) is 1.99. The molecule has 0 aliphatic carbocycles. The first-order chi connectivity index (χ1) is 9.03. The van der Waals surface area contributed by atoms with Crippen molar-refractivity contribution in [2.75, 3.05) is 5.75 Å². The van der Waals surface area contributed by atoms with Crippen LogP contribution in [-0.4, -0.2) is 20.3 Å². The van der Waals surface area contributed by atoms with Crippen molar-refractivity contribution >= 4 is 16.1 Å². The summed E-state index contributed by atoms with van der Waals surface area (Å²) in [6, 6.07) is 9.02. The van der Waals surface area contributed by atoms with E-state index in [0.29, 0.717) is 6.42 Å². The Labute approximate surface area is 114 Å². The Morgan fingerprint density at radius 1 is 1.21 bits per heavy atom. The lowest BCUT2D eigenvalue weighted by molar-refractivity contribution is 0.145. The van der Waals surface area contributed by atoms with Crippen LogP contribution in [0.2, 0.25) is 0 Å². The molecule has 1 aromatic carbocycles. The molecular weight excluding hydrogens is 266 g/mol. The van der Waals surface area contributed by atoms with E-state index in [1.54, 1.807) is 12.1 Å². The van der Waals surface area contributed by atoms with E-state index in [4.69, 9.17) is 4.74 Å². The molecule has 0 heterocycles. The molecule has 19 heavy (non-hydrogen) atoms. The molecule has 1 radical (unpaired) electrons. The third kappa shape index (κ3) is 6.81. The van der Waals surface area contributed by atoms with Gasteiger partial charge in [0.05, 0.1) is 5.75 Å². The van der Waals surface area contributed by atoms with E-state index in [9.17, 15) is 13.2 Å². The maximum Gasteiger partial charge on any atom is 0.444 e. The Kier molecular flexibility index (Phi) is 6.35. The van der Waals surface area contributed by atoms with Gasteiger partial charge in [-0.2, -0.15) is 0 Å². The summed E-state index contributed by atoms with van der Waals surface area (Å²) in [4.78, 5) is 11.3. The molecule has 0 N–H and O–H groups in total. The minimum absolute atomic E-state index is 0.0215. The van der Waals surface area contributed by atoms with Gasteiger partial charge in [-0.15, -0.1) is 0 Å². The highest BCUT2D eigenvalue weighted by Crippen LogP contribution is 2.03. The van der Waals surface area contributed by atoms with Gasteiger partial charge in [0, 0.05) is 0 Å². The molecule has 0 fully saturated rings. The number of amides is 1. The van der Waals surface area contributed by atoms with Gasteiger partial charge in [-0.3, -0.25) is 0 Å². The van der Waals surface area contributed by atoms with Gasteiger partial charge in [-0.05, 0) is 12.0 Å². The van der Waals surface area contributed by atoms with Crippen molar-refractivity contribution in [2.24, 2.45) is 0 Å². The van der Waals surface area contributed by atoms with E-state index in [-0.39, 0.29) is 12.4 Å². The molecule has 0 spiro atoms. The molecule has 0 aliphatic rings. The zero-order valence-electron chi connectivity index (χ0n) is 10.9. The van der Waals surface area contributed by atoms with Crippen LogP contribution in [0.25, 0.3) is 0 Å². The maximum absolute atomic E-state index is 11.5. The smallest absolute Gasteiger partial charge is 0.443 e. The number of sulfonamides is 1. The topological polar surface area (TPSA) is 74.5 Å². The number of unbranched alkanes of at least 4 members (excludes halogenated alkanes) is 2. The van der Waals surface area contributed by atoms with Crippen molar-refractivity contribution < 1.29 is 17.9 Å². The van der Waals surface area contributed by atoms with Crippen LogP contribution >= 0.6 is 0 Å². The molecular formula is C13H18NO4S. The Bertz CT molecular complexity index is 485. The summed E-state index contributed by atoms with van der Waals surface area (Å²) in [6.07, 6.45) is 1.16. The Balaban J connectivity index is 2.34. The predicted molar refractivity (Wildman–Crippen MR) is 72.1 cm³/mol. The normalized spacial score (nSPS) is 11.0. The van der Waals surface area contributed by atoms with Gasteiger partial charge in [-0.25, -0.2) is 13.2 Å². The van der Waals surface area contributed by atoms with Crippen molar-refractivity contribution in [2.45, 2.75) is 32.8 Å². The van der Waals surface area contributed by atoms with E-state index in [1.165, 1.54) is 0 Å². The van der Waals surface area contributed by atoms with Gasteiger partial charge in [0.15, 0.2) is 0 Å². The van der Waals surface area contributed by atoms with Crippen LogP contribution in [0.4, 0.5) is 4.79 Å². The average molecular weight is 284 g/mol. The highest BCUT2D eigenvalue weighted by molar-refractivity contribution is 7.89. The van der Waals surface area contributed by atoms with Gasteiger partial charge in [0.25, 0.3) is 10.0 Å². The summed E-state index contributed by atoms with van der Waals surface area (Å²) in [5.74, 6) is -0.110. The van der Waals surface area contributed by atoms with Crippen LogP contribution in [0.5, 0.6) is 0 Å². The van der Waals surface area contributed by atoms with Crippen LogP contribution in [0, 0.1) is 0 Å². The first-order valence-corrected chi connectivity index (χ1v) is 7.81. The molecule has 0 saturated heterocycles. The summed E-state index contributed by atoms with van der Waals surface area (Å²) in [5.41, 5.74) is 0.787. The zero-order valence-corrected chi connectivity index (χ0v) is 11.7. The number of hydrogen-bond donors (Lipinski definition) is 0. The fourth-order valence-electron chi connectivity index (χ4n) is 1.44. The first kappa shape index (κ1) is 15.5. The third-order valence-electron chi connectivity index (χ3n) is 2.42. The van der Waals surface area contributed by atoms with Gasteiger partial charge in [0.1, 0.15) is 6.61 Å². The number of benzene rings is 1. The number of rotatable bonds is 7. The molecule has 0 aromatic heterocycles.